The van der Waals surface area contributed by atoms with E-state index >= 15 is 0 Å². The van der Waals surface area contributed by atoms with Crippen molar-refractivity contribution >= 4 is 23.1 Å². The Kier molecular flexibility index (Phi) is 5.97. The number of piperazine rings is 1. The van der Waals surface area contributed by atoms with Gasteiger partial charge in [-0.25, -0.2) is 4.68 Å². The Morgan fingerprint density at radius 3 is 2.41 bits per heavy atom. The molecule has 0 spiro atoms. The van der Waals surface area contributed by atoms with Gasteiger partial charge in [0.2, 0.25) is 0 Å². The van der Waals surface area contributed by atoms with Gasteiger partial charge >= 0.3 is 0 Å². The quantitative estimate of drug-likeness (QED) is 0.572. The van der Waals surface area contributed by atoms with Crippen molar-refractivity contribution in [2.45, 2.75) is 13.3 Å². The largest absolute Gasteiger partial charge is 0.368 e. The smallest absolute Gasteiger partial charge is 0.167 e. The molecule has 1 fully saturated rings. The van der Waals surface area contributed by atoms with Crippen LogP contribution in [0.2, 0.25) is 5.02 Å². The molecule has 1 aromatic heterocycles. The molecule has 0 aliphatic carbocycles. The van der Waals surface area contributed by atoms with Crippen LogP contribution in [0.3, 0.4) is 0 Å². The summed E-state index contributed by atoms with van der Waals surface area (Å²) < 4.78 is 1.83. The van der Waals surface area contributed by atoms with Crippen molar-refractivity contribution < 1.29 is 4.79 Å². The highest BCUT2D eigenvalue weighted by Gasteiger charge is 2.21. The summed E-state index contributed by atoms with van der Waals surface area (Å²) in [5, 5.41) is 5.21. The van der Waals surface area contributed by atoms with Crippen LogP contribution in [0.4, 0.5) is 5.69 Å². The summed E-state index contributed by atoms with van der Waals surface area (Å²) in [7, 11) is 0. The summed E-state index contributed by atoms with van der Waals surface area (Å²) in [5.74, 6) is 0.151. The van der Waals surface area contributed by atoms with E-state index in [-0.39, 0.29) is 5.78 Å². The van der Waals surface area contributed by atoms with E-state index in [2.05, 4.69) is 21.0 Å². The molecule has 0 saturated carbocycles. The van der Waals surface area contributed by atoms with Crippen LogP contribution in [0, 0.1) is 6.92 Å². The van der Waals surface area contributed by atoms with Crippen LogP contribution in [-0.4, -0.2) is 53.2 Å². The van der Waals surface area contributed by atoms with Gasteiger partial charge in [0.05, 0.1) is 33.9 Å². The van der Waals surface area contributed by atoms with Crippen molar-refractivity contribution in [3.8, 4) is 5.69 Å². The zero-order chi connectivity index (χ0) is 20.2. The van der Waals surface area contributed by atoms with Crippen LogP contribution < -0.4 is 4.90 Å². The van der Waals surface area contributed by atoms with Crippen LogP contribution in [0.25, 0.3) is 5.69 Å². The Hall–Kier alpha value is -2.63. The van der Waals surface area contributed by atoms with Crippen LogP contribution in [0.5, 0.6) is 0 Å². The number of anilines is 1. The van der Waals surface area contributed by atoms with Gasteiger partial charge in [0.15, 0.2) is 5.78 Å². The summed E-state index contributed by atoms with van der Waals surface area (Å²) >= 11 is 6.32. The van der Waals surface area contributed by atoms with E-state index in [0.717, 1.165) is 54.8 Å². The Labute approximate surface area is 176 Å². The standard InChI is InChI=1S/C23H25ClN4O/c1-18-20(17-25-28(18)19-7-3-2-4-8-19)23(29)11-12-26-13-15-27(16-14-26)22-10-6-5-9-21(22)24/h2-10,17H,11-16H2,1H3. The van der Waals surface area contributed by atoms with Crippen molar-refractivity contribution in [1.29, 1.82) is 0 Å². The molecule has 0 radical (unpaired) electrons. The molecule has 5 nitrogen and oxygen atoms in total. The molecule has 0 unspecified atom stereocenters. The van der Waals surface area contributed by atoms with E-state index in [1.807, 2.05) is 60.1 Å². The number of nitrogens with zero attached hydrogens (tertiary/aromatic N) is 4. The first-order chi connectivity index (χ1) is 14.1. The molecular formula is C23H25ClN4O. The summed E-state index contributed by atoms with van der Waals surface area (Å²) in [4.78, 5) is 17.4. The minimum absolute atomic E-state index is 0.151. The number of benzene rings is 2. The minimum Gasteiger partial charge on any atom is -0.368 e. The van der Waals surface area contributed by atoms with Gasteiger partial charge in [-0.15, -0.1) is 0 Å². The van der Waals surface area contributed by atoms with E-state index in [1.54, 1.807) is 6.20 Å². The lowest BCUT2D eigenvalue weighted by Crippen LogP contribution is -2.47. The molecule has 4 rings (SSSR count). The van der Waals surface area contributed by atoms with Crippen molar-refractivity contribution in [3.05, 3.63) is 77.1 Å². The maximum atomic E-state index is 12.8. The number of hydrogen-bond acceptors (Lipinski definition) is 4. The van der Waals surface area contributed by atoms with Gasteiger partial charge in [-0.2, -0.15) is 5.10 Å². The number of carbonyl (C=O) groups excluding carboxylic acids is 1. The molecule has 3 aromatic rings. The molecule has 0 bridgehead atoms. The van der Waals surface area contributed by atoms with Crippen LogP contribution in [0.15, 0.2) is 60.8 Å². The SMILES string of the molecule is Cc1c(C(=O)CCN2CCN(c3ccccc3Cl)CC2)cnn1-c1ccccc1. The molecule has 0 N–H and O–H groups in total. The fourth-order valence-electron chi connectivity index (χ4n) is 3.83. The zero-order valence-corrected chi connectivity index (χ0v) is 17.3. The maximum Gasteiger partial charge on any atom is 0.167 e. The molecule has 6 heteroatoms. The highest BCUT2D eigenvalue weighted by molar-refractivity contribution is 6.33. The fourth-order valence-corrected chi connectivity index (χ4v) is 4.08. The molecule has 1 aliphatic rings. The lowest BCUT2D eigenvalue weighted by Gasteiger charge is -2.36. The highest BCUT2D eigenvalue weighted by Crippen LogP contribution is 2.26. The van der Waals surface area contributed by atoms with Gasteiger partial charge in [-0.1, -0.05) is 41.9 Å². The van der Waals surface area contributed by atoms with Gasteiger partial charge in [0, 0.05) is 39.1 Å². The lowest BCUT2D eigenvalue weighted by atomic mass is 10.1. The third-order valence-electron chi connectivity index (χ3n) is 5.53. The molecule has 1 aliphatic heterocycles. The Morgan fingerprint density at radius 2 is 1.69 bits per heavy atom. The maximum absolute atomic E-state index is 12.8. The number of ketones is 1. The first-order valence-electron chi connectivity index (χ1n) is 9.98. The Balaban J connectivity index is 1.32. The minimum atomic E-state index is 0.151. The number of carbonyl (C=O) groups is 1. The number of rotatable bonds is 6. The third kappa shape index (κ3) is 4.36. The van der Waals surface area contributed by atoms with Crippen molar-refractivity contribution in [2.24, 2.45) is 0 Å². The van der Waals surface area contributed by atoms with E-state index in [9.17, 15) is 4.79 Å². The van der Waals surface area contributed by atoms with Crippen molar-refractivity contribution in [2.75, 3.05) is 37.6 Å². The number of hydrogen-bond donors (Lipinski definition) is 0. The summed E-state index contributed by atoms with van der Waals surface area (Å²) in [6.07, 6.45) is 2.20. The average Bonchev–Trinajstić information content (AvgIpc) is 3.15. The van der Waals surface area contributed by atoms with Gasteiger partial charge in [-0.05, 0) is 31.2 Å². The van der Waals surface area contributed by atoms with Crippen LogP contribution in [-0.2, 0) is 0 Å². The Bertz CT molecular complexity index is 978. The first kappa shape index (κ1) is 19.7. The molecule has 2 heterocycles. The summed E-state index contributed by atoms with van der Waals surface area (Å²) in [6.45, 7) is 6.42. The highest BCUT2D eigenvalue weighted by atomic mass is 35.5. The van der Waals surface area contributed by atoms with Gasteiger partial charge in [0.25, 0.3) is 0 Å². The topological polar surface area (TPSA) is 41.4 Å². The zero-order valence-electron chi connectivity index (χ0n) is 16.6. The van der Waals surface area contributed by atoms with E-state index in [0.29, 0.717) is 12.0 Å². The molecule has 0 atom stereocenters. The fraction of sp³-hybridized carbons (Fsp3) is 0.304. The predicted molar refractivity (Wildman–Crippen MR) is 117 cm³/mol. The summed E-state index contributed by atoms with van der Waals surface area (Å²) in [6, 6.07) is 17.9. The van der Waals surface area contributed by atoms with Crippen LogP contribution >= 0.6 is 11.6 Å². The summed E-state index contributed by atoms with van der Waals surface area (Å²) in [5.41, 5.74) is 3.67. The van der Waals surface area contributed by atoms with Gasteiger partial charge in [-0.3, -0.25) is 9.69 Å². The number of Topliss-reactive ketones (excluding diaryl/α,β-unsaturated/α-hetero) is 1. The van der Waals surface area contributed by atoms with Gasteiger partial charge < -0.3 is 4.90 Å². The molecule has 1 saturated heterocycles. The van der Waals surface area contributed by atoms with Crippen molar-refractivity contribution in [3.63, 3.8) is 0 Å². The van der Waals surface area contributed by atoms with E-state index in [1.165, 1.54) is 0 Å². The number of aromatic nitrogens is 2. The number of para-hydroxylation sites is 2. The molecular weight excluding hydrogens is 384 g/mol. The van der Waals surface area contributed by atoms with Crippen molar-refractivity contribution in [1.82, 2.24) is 14.7 Å². The van der Waals surface area contributed by atoms with E-state index < -0.39 is 0 Å². The van der Waals surface area contributed by atoms with Crippen LogP contribution in [0.1, 0.15) is 22.5 Å². The van der Waals surface area contributed by atoms with Gasteiger partial charge in [0.1, 0.15) is 0 Å². The molecule has 29 heavy (non-hydrogen) atoms. The normalized spacial score (nSPS) is 14.9. The average molecular weight is 409 g/mol. The second-order valence-electron chi connectivity index (χ2n) is 7.34. The second-order valence-corrected chi connectivity index (χ2v) is 7.75. The molecule has 150 valence electrons. The molecule has 0 amide bonds. The van der Waals surface area contributed by atoms with E-state index in [4.69, 9.17) is 11.6 Å². The Morgan fingerprint density at radius 1 is 1.00 bits per heavy atom. The first-order valence-corrected chi connectivity index (χ1v) is 10.4. The monoisotopic (exact) mass is 408 g/mol. The predicted octanol–water partition coefficient (Wildman–Crippen LogP) is 4.23. The lowest BCUT2D eigenvalue weighted by molar-refractivity contribution is 0.0962. The molecule has 2 aromatic carbocycles. The second kappa shape index (κ2) is 8.80. The third-order valence-corrected chi connectivity index (χ3v) is 5.85. The number of halogens is 1.